The zero-order valence-corrected chi connectivity index (χ0v) is 22.1. The van der Waals surface area contributed by atoms with Gasteiger partial charge < -0.3 is 19.7 Å². The van der Waals surface area contributed by atoms with Crippen molar-refractivity contribution in [2.75, 3.05) is 48.9 Å². The molecule has 9 nitrogen and oxygen atoms in total. The molecule has 1 fully saturated rings. The van der Waals surface area contributed by atoms with Crippen molar-refractivity contribution in [3.05, 3.63) is 36.2 Å². The lowest BCUT2D eigenvalue weighted by atomic mass is 9.95. The van der Waals surface area contributed by atoms with Crippen molar-refractivity contribution in [2.24, 2.45) is 0 Å². The summed E-state index contributed by atoms with van der Waals surface area (Å²) in [6.07, 6.45) is 6.21. The largest absolute Gasteiger partial charge is 0.464 e. The van der Waals surface area contributed by atoms with Crippen LogP contribution in [0.4, 0.5) is 17.1 Å². The van der Waals surface area contributed by atoms with Gasteiger partial charge in [0.25, 0.3) is 0 Å². The number of anilines is 3. The average Bonchev–Trinajstić information content (AvgIpc) is 2.88. The number of hydrogen-bond donors (Lipinski definition) is 2. The normalized spacial score (nSPS) is 15.5. The molecule has 0 radical (unpaired) electrons. The van der Waals surface area contributed by atoms with Crippen LogP contribution in [0.25, 0.3) is 0 Å². The van der Waals surface area contributed by atoms with Crippen molar-refractivity contribution in [3.8, 4) is 6.01 Å². The summed E-state index contributed by atoms with van der Waals surface area (Å²) in [7, 11) is -3.25. The molecule has 35 heavy (non-hydrogen) atoms. The molecule has 2 aromatic rings. The van der Waals surface area contributed by atoms with Gasteiger partial charge in [-0.25, -0.2) is 23.1 Å². The van der Waals surface area contributed by atoms with Gasteiger partial charge in [-0.05, 0) is 63.6 Å². The van der Waals surface area contributed by atoms with Gasteiger partial charge in [-0.3, -0.25) is 0 Å². The Hall–Kier alpha value is -2.43. The van der Waals surface area contributed by atoms with Crippen LogP contribution < -0.4 is 19.7 Å². The molecule has 3 rings (SSSR count). The highest BCUT2D eigenvalue weighted by molar-refractivity contribution is 7.89. The minimum atomic E-state index is -3.25. The Bertz CT molecular complexity index is 1030. The smallest absolute Gasteiger partial charge is 0.316 e. The Morgan fingerprint density at radius 3 is 2.46 bits per heavy atom. The first kappa shape index (κ1) is 27.2. The Morgan fingerprint density at radius 2 is 1.86 bits per heavy atom. The van der Waals surface area contributed by atoms with E-state index in [4.69, 9.17) is 9.47 Å². The third-order valence-corrected chi connectivity index (χ3v) is 7.74. The van der Waals surface area contributed by atoms with Crippen LogP contribution in [0, 0.1) is 0 Å². The molecular weight excluding hydrogens is 466 g/mol. The van der Waals surface area contributed by atoms with Crippen LogP contribution in [0.5, 0.6) is 6.01 Å². The highest BCUT2D eigenvalue weighted by Crippen LogP contribution is 2.35. The molecule has 2 N–H and O–H groups in total. The lowest BCUT2D eigenvalue weighted by Crippen LogP contribution is -2.39. The molecule has 1 aromatic heterocycles. The third-order valence-electron chi connectivity index (χ3n) is 6.38. The van der Waals surface area contributed by atoms with Gasteiger partial charge >= 0.3 is 6.01 Å². The van der Waals surface area contributed by atoms with E-state index in [0.29, 0.717) is 25.2 Å². The average molecular weight is 506 g/mol. The molecule has 1 aliphatic rings. The first-order valence-electron chi connectivity index (χ1n) is 12.6. The van der Waals surface area contributed by atoms with Gasteiger partial charge in [0.15, 0.2) is 0 Å². The van der Waals surface area contributed by atoms with E-state index in [2.05, 4.69) is 57.0 Å². The number of aromatic nitrogens is 2. The van der Waals surface area contributed by atoms with Gasteiger partial charge in [0, 0.05) is 32.3 Å². The molecule has 2 heterocycles. The van der Waals surface area contributed by atoms with E-state index in [1.165, 1.54) is 0 Å². The standard InChI is InChI=1S/C25H39N5O4S/c1-5-19(16-28-35(31,32)8-4)20-9-10-24(30(6-2)22-11-13-33-14-12-22)23(15-20)29-21-17-26-25(27-18-21)34-7-3/h9-10,15,17-19,22,28-29H,5-8,11-14,16H2,1-4H3. The maximum absolute atomic E-state index is 12.0. The number of rotatable bonds is 13. The predicted octanol–water partition coefficient (Wildman–Crippen LogP) is 4.06. The quantitative estimate of drug-likeness (QED) is 0.420. The fourth-order valence-corrected chi connectivity index (χ4v) is 5.01. The van der Waals surface area contributed by atoms with E-state index in [0.717, 1.165) is 61.6 Å². The number of sulfonamides is 1. The Labute approximate surface area is 209 Å². The summed E-state index contributed by atoms with van der Waals surface area (Å²) in [6.45, 7) is 11.1. The second-order valence-corrected chi connectivity index (χ2v) is 10.7. The van der Waals surface area contributed by atoms with Crippen molar-refractivity contribution in [1.82, 2.24) is 14.7 Å². The third kappa shape index (κ3) is 7.52. The molecule has 1 aliphatic heterocycles. The molecule has 0 spiro atoms. The fraction of sp³-hybridized carbons (Fsp3) is 0.600. The molecule has 1 saturated heterocycles. The van der Waals surface area contributed by atoms with Crippen LogP contribution >= 0.6 is 0 Å². The van der Waals surface area contributed by atoms with Gasteiger partial charge in [-0.15, -0.1) is 0 Å². The number of hydrogen-bond acceptors (Lipinski definition) is 8. The van der Waals surface area contributed by atoms with Gasteiger partial charge in [0.1, 0.15) is 0 Å². The Morgan fingerprint density at radius 1 is 1.14 bits per heavy atom. The Kier molecular flexibility index (Phi) is 10.1. The number of ether oxygens (including phenoxy) is 2. The highest BCUT2D eigenvalue weighted by Gasteiger charge is 2.24. The molecular formula is C25H39N5O4S. The van der Waals surface area contributed by atoms with Crippen molar-refractivity contribution >= 4 is 27.1 Å². The number of benzene rings is 1. The van der Waals surface area contributed by atoms with Crippen LogP contribution in [0.1, 0.15) is 58.4 Å². The molecule has 0 aliphatic carbocycles. The SMILES string of the molecule is CCOc1ncc(Nc2cc(C(CC)CNS(=O)(=O)CC)ccc2N(CC)C2CCOCC2)cn1. The van der Waals surface area contributed by atoms with Gasteiger partial charge in [-0.1, -0.05) is 13.0 Å². The van der Waals surface area contributed by atoms with Gasteiger partial charge in [0.05, 0.1) is 41.8 Å². The molecule has 194 valence electrons. The first-order chi connectivity index (χ1) is 16.9. The maximum Gasteiger partial charge on any atom is 0.316 e. The number of nitrogens with one attached hydrogen (secondary N) is 2. The minimum Gasteiger partial charge on any atom is -0.464 e. The summed E-state index contributed by atoms with van der Waals surface area (Å²) in [4.78, 5) is 11.0. The zero-order chi connectivity index (χ0) is 25.3. The van der Waals surface area contributed by atoms with E-state index in [1.807, 2.05) is 6.92 Å². The van der Waals surface area contributed by atoms with Crippen LogP contribution in [-0.4, -0.2) is 63.1 Å². The summed E-state index contributed by atoms with van der Waals surface area (Å²) in [6, 6.07) is 7.13. The minimum absolute atomic E-state index is 0.0562. The monoisotopic (exact) mass is 505 g/mol. The van der Waals surface area contributed by atoms with Gasteiger partial charge in [0.2, 0.25) is 10.0 Å². The lowest BCUT2D eigenvalue weighted by molar-refractivity contribution is 0.0846. The summed E-state index contributed by atoms with van der Waals surface area (Å²) in [5.74, 6) is 0.129. The molecule has 10 heteroatoms. The van der Waals surface area contributed by atoms with Gasteiger partial charge in [-0.2, -0.15) is 0 Å². The number of nitrogens with zero attached hydrogens (tertiary/aromatic N) is 3. The highest BCUT2D eigenvalue weighted by atomic mass is 32.2. The fourth-order valence-electron chi connectivity index (χ4n) is 4.35. The topological polar surface area (TPSA) is 106 Å². The maximum atomic E-state index is 12.0. The van der Waals surface area contributed by atoms with E-state index >= 15 is 0 Å². The van der Waals surface area contributed by atoms with Crippen LogP contribution in [-0.2, 0) is 14.8 Å². The summed E-state index contributed by atoms with van der Waals surface area (Å²) in [5.41, 5.74) is 3.88. The van der Waals surface area contributed by atoms with Crippen molar-refractivity contribution in [3.63, 3.8) is 0 Å². The molecule has 0 bridgehead atoms. The molecule has 0 amide bonds. The lowest BCUT2D eigenvalue weighted by Gasteiger charge is -2.37. The molecule has 1 atom stereocenters. The van der Waals surface area contributed by atoms with Crippen LogP contribution in [0.15, 0.2) is 30.6 Å². The second-order valence-electron chi connectivity index (χ2n) is 8.58. The van der Waals surface area contributed by atoms with Crippen LogP contribution in [0.3, 0.4) is 0 Å². The molecule has 1 unspecified atom stereocenters. The first-order valence-corrected chi connectivity index (χ1v) is 14.2. The van der Waals surface area contributed by atoms with Crippen molar-refractivity contribution in [2.45, 2.75) is 58.9 Å². The van der Waals surface area contributed by atoms with E-state index in [1.54, 1.807) is 19.3 Å². The zero-order valence-electron chi connectivity index (χ0n) is 21.3. The van der Waals surface area contributed by atoms with E-state index < -0.39 is 10.0 Å². The van der Waals surface area contributed by atoms with Crippen molar-refractivity contribution < 1.29 is 17.9 Å². The predicted molar refractivity (Wildman–Crippen MR) is 140 cm³/mol. The van der Waals surface area contributed by atoms with E-state index in [-0.39, 0.29) is 11.7 Å². The molecule has 1 aromatic carbocycles. The molecule has 0 saturated carbocycles. The van der Waals surface area contributed by atoms with E-state index in [9.17, 15) is 8.42 Å². The second kappa shape index (κ2) is 13.0. The van der Waals surface area contributed by atoms with Crippen molar-refractivity contribution in [1.29, 1.82) is 0 Å². The summed E-state index contributed by atoms with van der Waals surface area (Å²) in [5, 5.41) is 3.51. The summed E-state index contributed by atoms with van der Waals surface area (Å²) < 4.78 is 37.8. The Balaban J connectivity index is 1.94. The summed E-state index contributed by atoms with van der Waals surface area (Å²) >= 11 is 0. The van der Waals surface area contributed by atoms with Crippen LogP contribution in [0.2, 0.25) is 0 Å².